The number of allylic oxidation sites excluding steroid dienone is 1. The lowest BCUT2D eigenvalue weighted by molar-refractivity contribution is -0.245. The van der Waals surface area contributed by atoms with Gasteiger partial charge in [-0.2, -0.15) is 0 Å². The third-order valence-electron chi connectivity index (χ3n) is 8.59. The van der Waals surface area contributed by atoms with Gasteiger partial charge < -0.3 is 15.7 Å². The summed E-state index contributed by atoms with van der Waals surface area (Å²) in [6, 6.07) is 4.96. The Kier molecular flexibility index (Phi) is 15.1. The second kappa shape index (κ2) is 17.7. The van der Waals surface area contributed by atoms with Crippen LogP contribution in [0.2, 0.25) is 0 Å². The Morgan fingerprint density at radius 2 is 1.91 bits per heavy atom. The first-order valence-electron chi connectivity index (χ1n) is 15.5. The Labute approximate surface area is 255 Å². The van der Waals surface area contributed by atoms with Gasteiger partial charge in [-0.3, -0.25) is 15.0 Å². The summed E-state index contributed by atoms with van der Waals surface area (Å²) in [5.41, 5.74) is 9.55. The van der Waals surface area contributed by atoms with Crippen LogP contribution in [0, 0.1) is 25.7 Å². The van der Waals surface area contributed by atoms with E-state index in [0.717, 1.165) is 55.2 Å². The summed E-state index contributed by atoms with van der Waals surface area (Å²) in [5, 5.41) is 23.3. The van der Waals surface area contributed by atoms with Crippen molar-refractivity contribution in [3.63, 3.8) is 0 Å². The van der Waals surface area contributed by atoms with E-state index in [0.29, 0.717) is 23.5 Å². The van der Waals surface area contributed by atoms with Gasteiger partial charge in [0.2, 0.25) is 0 Å². The van der Waals surface area contributed by atoms with Crippen LogP contribution in [0.15, 0.2) is 34.5 Å². The molecule has 4 atom stereocenters. The van der Waals surface area contributed by atoms with Crippen molar-refractivity contribution in [1.29, 1.82) is 0 Å². The van der Waals surface area contributed by atoms with E-state index in [-0.39, 0.29) is 43.4 Å². The molecule has 4 unspecified atom stereocenters. The van der Waals surface area contributed by atoms with E-state index in [2.05, 4.69) is 25.8 Å². The smallest absolute Gasteiger partial charge is 0.270 e. The summed E-state index contributed by atoms with van der Waals surface area (Å²) in [6.45, 7) is 13.7. The summed E-state index contributed by atoms with van der Waals surface area (Å²) in [6.07, 6.45) is -0.114. The highest BCUT2D eigenvalue weighted by Crippen LogP contribution is 2.31. The highest BCUT2D eigenvalue weighted by Gasteiger charge is 2.34. The van der Waals surface area contributed by atoms with Crippen molar-refractivity contribution in [2.45, 2.75) is 98.8 Å². The quantitative estimate of drug-likeness (QED) is 0.211. The first-order valence-corrected chi connectivity index (χ1v) is 15.5. The Bertz CT molecular complexity index is 1100. The van der Waals surface area contributed by atoms with Gasteiger partial charge in [-0.1, -0.05) is 52.3 Å². The van der Waals surface area contributed by atoms with Crippen molar-refractivity contribution in [2.75, 3.05) is 32.8 Å². The largest absolute Gasteiger partial charge is 0.394 e. The third-order valence-corrected chi connectivity index (χ3v) is 8.59. The second-order valence-electron chi connectivity index (χ2n) is 11.9. The summed E-state index contributed by atoms with van der Waals surface area (Å²) < 4.78 is 38.3. The van der Waals surface area contributed by atoms with Crippen molar-refractivity contribution in [3.05, 3.63) is 46.2 Å². The molecule has 43 heavy (non-hydrogen) atoms. The van der Waals surface area contributed by atoms with Gasteiger partial charge in [-0.05, 0) is 68.9 Å². The standard InChI is InChI=1S/C23H42FN5O3.C9H10F2/c1-5-11-28(13-9-16(3)6-2)29(32)15-26-19-8-7-17(4)21(19)22(25)23(31)27-12-10-20(30)18(24)14-27;1-6-4-3-5-8(7(6)2)9(10)11/h16-18,20,30,32H,5-15,25H2,1-4H3;3-5,9H,1-2H3/b22-21-,26-19+;. The number of hydroxylamine groups is 1. The molecule has 0 radical (unpaired) electrons. The number of carbonyl (C=O) groups excluding carboxylic acids is 1. The van der Waals surface area contributed by atoms with Crippen LogP contribution in [0.4, 0.5) is 13.2 Å². The highest BCUT2D eigenvalue weighted by molar-refractivity contribution is 6.09. The number of halogens is 3. The summed E-state index contributed by atoms with van der Waals surface area (Å²) in [5.74, 6) is 0.251. The predicted molar refractivity (Wildman–Crippen MR) is 164 cm³/mol. The van der Waals surface area contributed by atoms with E-state index in [4.69, 9.17) is 5.73 Å². The molecule has 8 nitrogen and oxygen atoms in total. The summed E-state index contributed by atoms with van der Waals surface area (Å²) in [7, 11) is 0. The van der Waals surface area contributed by atoms with Crippen molar-refractivity contribution in [3.8, 4) is 0 Å². The zero-order valence-corrected chi connectivity index (χ0v) is 26.7. The average molecular weight is 612 g/mol. The number of benzene rings is 1. The molecule has 1 saturated carbocycles. The molecular weight excluding hydrogens is 559 g/mol. The van der Waals surface area contributed by atoms with E-state index in [1.54, 1.807) is 13.0 Å². The monoisotopic (exact) mass is 611 g/mol. The summed E-state index contributed by atoms with van der Waals surface area (Å²) >= 11 is 0. The molecule has 1 aliphatic heterocycles. The van der Waals surface area contributed by atoms with Crippen LogP contribution in [0.3, 0.4) is 0 Å². The van der Waals surface area contributed by atoms with Crippen molar-refractivity contribution < 1.29 is 28.3 Å². The minimum absolute atomic E-state index is 0.0681. The van der Waals surface area contributed by atoms with Gasteiger partial charge >= 0.3 is 0 Å². The molecule has 1 saturated heterocycles. The van der Waals surface area contributed by atoms with Crippen LogP contribution in [0.25, 0.3) is 0 Å². The van der Waals surface area contributed by atoms with Crippen LogP contribution in [0.5, 0.6) is 0 Å². The topological polar surface area (TPSA) is 106 Å². The van der Waals surface area contributed by atoms with Crippen molar-refractivity contribution in [1.82, 2.24) is 15.1 Å². The number of aliphatic imine (C=N–C) groups is 1. The average Bonchev–Trinajstić information content (AvgIpc) is 3.35. The van der Waals surface area contributed by atoms with Crippen LogP contribution >= 0.6 is 0 Å². The maximum atomic E-state index is 13.9. The van der Waals surface area contributed by atoms with Crippen LogP contribution in [0.1, 0.15) is 89.3 Å². The van der Waals surface area contributed by atoms with Crippen molar-refractivity contribution >= 4 is 11.6 Å². The molecule has 244 valence electrons. The Morgan fingerprint density at radius 1 is 1.21 bits per heavy atom. The zero-order valence-electron chi connectivity index (χ0n) is 26.7. The lowest BCUT2D eigenvalue weighted by Gasteiger charge is -2.32. The van der Waals surface area contributed by atoms with Gasteiger partial charge in [0.15, 0.2) is 0 Å². The normalized spacial score (nSPS) is 23.6. The van der Waals surface area contributed by atoms with E-state index < -0.39 is 24.6 Å². The molecule has 1 aromatic carbocycles. The van der Waals surface area contributed by atoms with E-state index in [1.807, 2.05) is 24.9 Å². The maximum absolute atomic E-state index is 13.9. The minimum atomic E-state index is -2.35. The fourth-order valence-corrected chi connectivity index (χ4v) is 5.29. The number of hydrogen-bond acceptors (Lipinski definition) is 7. The first-order chi connectivity index (χ1) is 20.3. The molecule has 11 heteroatoms. The minimum Gasteiger partial charge on any atom is -0.394 e. The number of amides is 1. The number of piperidine rings is 1. The number of hydrazine groups is 1. The summed E-state index contributed by atoms with van der Waals surface area (Å²) in [4.78, 5) is 18.9. The molecule has 1 heterocycles. The number of nitrogens with zero attached hydrogens (tertiary/aromatic N) is 4. The fourth-order valence-electron chi connectivity index (χ4n) is 5.29. The molecule has 4 N–H and O–H groups in total. The van der Waals surface area contributed by atoms with Gasteiger partial charge in [-0.25, -0.2) is 18.2 Å². The Hall–Kier alpha value is -2.47. The number of carbonyl (C=O) groups is 1. The predicted octanol–water partition coefficient (Wildman–Crippen LogP) is 5.95. The maximum Gasteiger partial charge on any atom is 0.270 e. The number of alkyl halides is 3. The number of hydrogen-bond donors (Lipinski definition) is 3. The van der Waals surface area contributed by atoms with E-state index in [9.17, 15) is 28.3 Å². The van der Waals surface area contributed by atoms with Gasteiger partial charge in [0, 0.05) is 36.5 Å². The van der Waals surface area contributed by atoms with Crippen LogP contribution < -0.4 is 5.73 Å². The number of likely N-dealkylation sites (tertiary alicyclic amines) is 1. The number of nitrogens with two attached hydrogens (primary N) is 1. The lowest BCUT2D eigenvalue weighted by Crippen LogP contribution is -2.48. The molecule has 0 spiro atoms. The highest BCUT2D eigenvalue weighted by atomic mass is 19.3. The van der Waals surface area contributed by atoms with Gasteiger partial charge in [0.05, 0.1) is 12.6 Å². The number of aryl methyl sites for hydroxylation is 1. The van der Waals surface area contributed by atoms with E-state index >= 15 is 0 Å². The molecule has 1 amide bonds. The van der Waals surface area contributed by atoms with Gasteiger partial charge in [0.1, 0.15) is 18.5 Å². The molecule has 3 rings (SSSR count). The molecule has 1 aliphatic carbocycles. The second-order valence-corrected chi connectivity index (χ2v) is 11.9. The third kappa shape index (κ3) is 10.6. The van der Waals surface area contributed by atoms with Crippen LogP contribution in [-0.2, 0) is 4.79 Å². The van der Waals surface area contributed by atoms with Crippen molar-refractivity contribution in [2.24, 2.45) is 22.6 Å². The Balaban J connectivity index is 0.000000490. The number of rotatable bonds is 11. The molecule has 2 aliphatic rings. The molecule has 1 aromatic rings. The molecule has 2 fully saturated rings. The zero-order chi connectivity index (χ0) is 32.3. The molecular formula is C32H52F3N5O3. The van der Waals surface area contributed by atoms with Gasteiger partial charge in [-0.15, -0.1) is 5.17 Å². The number of aliphatic hydroxyl groups is 1. The van der Waals surface area contributed by atoms with Crippen LogP contribution in [-0.4, -0.2) is 82.1 Å². The van der Waals surface area contributed by atoms with E-state index in [1.165, 1.54) is 11.0 Å². The fraction of sp³-hybridized carbons (Fsp3) is 0.688. The SMILES string of the molecule is CCCN(CCC(C)CC)N(O)C/N=C1\CCC(C)\C1=C(\N)C(=O)N1CCC(O)C(F)C1.Cc1cccc(C(F)F)c1C. The Morgan fingerprint density at radius 3 is 2.49 bits per heavy atom. The molecule has 0 aromatic heterocycles. The number of aliphatic hydroxyl groups excluding tert-OH is 1. The van der Waals surface area contributed by atoms with Gasteiger partial charge in [0.25, 0.3) is 12.3 Å². The molecule has 0 bridgehead atoms. The first kappa shape index (κ1) is 36.7. The lowest BCUT2D eigenvalue weighted by atomic mass is 10.00.